The fourth-order valence-corrected chi connectivity index (χ4v) is 3.88. The van der Waals surface area contributed by atoms with Crippen LogP contribution in [0.25, 0.3) is 33.3 Å². The van der Waals surface area contributed by atoms with Crippen molar-refractivity contribution >= 4 is 10.9 Å². The molecular formula is C27H25N3O4. The molecule has 0 aliphatic rings. The largest absolute Gasteiger partial charge is 0.506 e. The molecule has 0 bridgehead atoms. The molecule has 172 valence electrons. The number of benzene rings is 2. The molecule has 4 aromatic rings. The Bertz CT molecular complexity index is 1450. The number of rotatable bonds is 7. The molecule has 0 radical (unpaired) electrons. The van der Waals surface area contributed by atoms with E-state index in [1.165, 1.54) is 4.57 Å². The van der Waals surface area contributed by atoms with E-state index in [4.69, 9.17) is 9.47 Å². The van der Waals surface area contributed by atoms with E-state index in [2.05, 4.69) is 11.1 Å². The Hall–Kier alpha value is -4.31. The van der Waals surface area contributed by atoms with Gasteiger partial charge in [-0.3, -0.25) is 4.79 Å². The molecule has 0 aliphatic carbocycles. The monoisotopic (exact) mass is 455 g/mol. The van der Waals surface area contributed by atoms with Crippen LogP contribution in [0.3, 0.4) is 0 Å². The molecular weight excluding hydrogens is 430 g/mol. The van der Waals surface area contributed by atoms with Crippen LogP contribution in [0.2, 0.25) is 0 Å². The first-order chi connectivity index (χ1) is 16.5. The number of unbranched alkanes of at least 4 members (excludes halogenated alkanes) is 1. The van der Waals surface area contributed by atoms with E-state index >= 15 is 0 Å². The third kappa shape index (κ3) is 4.06. The van der Waals surface area contributed by atoms with E-state index in [0.29, 0.717) is 28.8 Å². The highest BCUT2D eigenvalue weighted by Crippen LogP contribution is 2.37. The van der Waals surface area contributed by atoms with Crippen molar-refractivity contribution in [3.8, 4) is 45.8 Å². The maximum Gasteiger partial charge on any atom is 0.264 e. The number of methoxy groups -OCH3 is 1. The zero-order valence-corrected chi connectivity index (χ0v) is 19.3. The summed E-state index contributed by atoms with van der Waals surface area (Å²) in [7, 11) is 3.23. The van der Waals surface area contributed by atoms with Gasteiger partial charge in [-0.2, -0.15) is 5.26 Å². The van der Waals surface area contributed by atoms with Crippen molar-refractivity contribution in [2.24, 2.45) is 7.05 Å². The Morgan fingerprint density at radius 2 is 1.88 bits per heavy atom. The molecule has 4 rings (SSSR count). The highest BCUT2D eigenvalue weighted by atomic mass is 16.5. The average molecular weight is 456 g/mol. The Labute approximate surface area is 197 Å². The predicted molar refractivity (Wildman–Crippen MR) is 131 cm³/mol. The summed E-state index contributed by atoms with van der Waals surface area (Å²) in [4.78, 5) is 17.8. The second kappa shape index (κ2) is 9.67. The number of hydrogen-bond donors (Lipinski definition) is 1. The number of hydrogen-bond acceptors (Lipinski definition) is 6. The van der Waals surface area contributed by atoms with Crippen LogP contribution in [0.5, 0.6) is 17.4 Å². The molecule has 0 saturated heterocycles. The van der Waals surface area contributed by atoms with Gasteiger partial charge in [0.1, 0.15) is 28.7 Å². The van der Waals surface area contributed by atoms with Gasteiger partial charge in [-0.05, 0) is 42.3 Å². The zero-order valence-electron chi connectivity index (χ0n) is 19.3. The fraction of sp³-hybridized carbons (Fsp3) is 0.222. The van der Waals surface area contributed by atoms with Crippen LogP contribution in [0.1, 0.15) is 25.3 Å². The number of aromatic nitrogens is 2. The molecule has 0 atom stereocenters. The van der Waals surface area contributed by atoms with Crippen molar-refractivity contribution in [1.82, 2.24) is 9.55 Å². The fourth-order valence-electron chi connectivity index (χ4n) is 3.88. The minimum atomic E-state index is -0.395. The van der Waals surface area contributed by atoms with Gasteiger partial charge < -0.3 is 19.1 Å². The summed E-state index contributed by atoms with van der Waals surface area (Å²) in [5.74, 6) is 0.655. The molecule has 0 amide bonds. The second-order valence-electron chi connectivity index (χ2n) is 7.88. The molecule has 0 saturated carbocycles. The van der Waals surface area contributed by atoms with E-state index in [1.54, 1.807) is 50.6 Å². The van der Waals surface area contributed by atoms with Crippen molar-refractivity contribution < 1.29 is 14.6 Å². The van der Waals surface area contributed by atoms with Gasteiger partial charge in [0.25, 0.3) is 5.56 Å². The average Bonchev–Trinajstić information content (AvgIpc) is 2.87. The van der Waals surface area contributed by atoms with E-state index in [9.17, 15) is 15.2 Å². The molecule has 0 spiro atoms. The molecule has 34 heavy (non-hydrogen) atoms. The van der Waals surface area contributed by atoms with Crippen molar-refractivity contribution in [2.45, 2.75) is 19.8 Å². The predicted octanol–water partition coefficient (Wildman–Crippen LogP) is 5.03. The van der Waals surface area contributed by atoms with Crippen LogP contribution < -0.4 is 15.0 Å². The normalized spacial score (nSPS) is 10.8. The highest BCUT2D eigenvalue weighted by Gasteiger charge is 2.22. The summed E-state index contributed by atoms with van der Waals surface area (Å²) in [6.45, 7) is 2.42. The summed E-state index contributed by atoms with van der Waals surface area (Å²) < 4.78 is 12.6. The van der Waals surface area contributed by atoms with Crippen LogP contribution in [-0.4, -0.2) is 28.4 Å². The maximum atomic E-state index is 13.3. The number of fused-ring (bicyclic) bond motifs is 1. The number of pyridine rings is 2. The smallest absolute Gasteiger partial charge is 0.264 e. The van der Waals surface area contributed by atoms with Crippen molar-refractivity contribution in [1.29, 1.82) is 5.26 Å². The number of para-hydroxylation sites is 1. The third-order valence-corrected chi connectivity index (χ3v) is 5.77. The number of nitriles is 1. The molecule has 7 nitrogen and oxygen atoms in total. The van der Waals surface area contributed by atoms with E-state index in [1.807, 2.05) is 25.1 Å². The summed E-state index contributed by atoms with van der Waals surface area (Å²) in [6, 6.07) is 18.2. The Balaban J connectivity index is 2.01. The lowest BCUT2D eigenvalue weighted by molar-refractivity contribution is 0.297. The standard InChI is InChI=1S/C27H25N3O4/c1-4-5-14-34-26-21(16-28)20(17-10-12-18(33-3)13-11-17)15-22(29-26)24-25(31)19-8-6-7-9-23(19)30(2)27(24)32/h6-13,15,31H,4-5,14H2,1-3H3. The molecule has 0 fully saturated rings. The first-order valence-corrected chi connectivity index (χ1v) is 11.0. The van der Waals surface area contributed by atoms with Gasteiger partial charge in [-0.25, -0.2) is 4.98 Å². The lowest BCUT2D eigenvalue weighted by atomic mass is 9.98. The molecule has 2 heterocycles. The molecule has 7 heteroatoms. The van der Waals surface area contributed by atoms with Crippen LogP contribution in [-0.2, 0) is 7.05 Å². The third-order valence-electron chi connectivity index (χ3n) is 5.77. The van der Waals surface area contributed by atoms with Gasteiger partial charge >= 0.3 is 0 Å². The Morgan fingerprint density at radius 1 is 1.15 bits per heavy atom. The van der Waals surface area contributed by atoms with Crippen LogP contribution in [0.15, 0.2) is 59.4 Å². The van der Waals surface area contributed by atoms with Gasteiger partial charge in [0.05, 0.1) is 24.9 Å². The zero-order chi connectivity index (χ0) is 24.2. The van der Waals surface area contributed by atoms with Crippen molar-refractivity contribution in [2.75, 3.05) is 13.7 Å². The number of nitrogens with zero attached hydrogens (tertiary/aromatic N) is 3. The highest BCUT2D eigenvalue weighted by molar-refractivity contribution is 5.92. The Kier molecular flexibility index (Phi) is 6.51. The van der Waals surface area contributed by atoms with Crippen molar-refractivity contribution in [3.63, 3.8) is 0 Å². The summed E-state index contributed by atoms with van der Waals surface area (Å²) in [6.07, 6.45) is 1.70. The SMILES string of the molecule is CCCCOc1nc(-c2c(O)c3ccccc3n(C)c2=O)cc(-c2ccc(OC)cc2)c1C#N. The topological polar surface area (TPSA) is 97.4 Å². The van der Waals surface area contributed by atoms with Crippen molar-refractivity contribution in [3.05, 3.63) is 70.5 Å². The van der Waals surface area contributed by atoms with E-state index < -0.39 is 5.56 Å². The quantitative estimate of drug-likeness (QED) is 0.393. The summed E-state index contributed by atoms with van der Waals surface area (Å²) >= 11 is 0. The second-order valence-corrected chi connectivity index (χ2v) is 7.88. The Morgan fingerprint density at radius 3 is 2.56 bits per heavy atom. The molecule has 1 N–H and O–H groups in total. The number of ether oxygens (including phenoxy) is 2. The molecule has 2 aromatic heterocycles. The lowest BCUT2D eigenvalue weighted by Gasteiger charge is -2.16. The molecule has 0 aliphatic heterocycles. The van der Waals surface area contributed by atoms with Gasteiger partial charge in [-0.15, -0.1) is 0 Å². The van der Waals surface area contributed by atoms with Crippen LogP contribution in [0, 0.1) is 11.3 Å². The van der Waals surface area contributed by atoms with Gasteiger partial charge in [0, 0.05) is 18.0 Å². The maximum absolute atomic E-state index is 13.3. The lowest BCUT2D eigenvalue weighted by Crippen LogP contribution is -2.20. The van der Waals surface area contributed by atoms with E-state index in [-0.39, 0.29) is 28.5 Å². The minimum absolute atomic E-state index is 0.0563. The summed E-state index contributed by atoms with van der Waals surface area (Å²) in [5, 5.41) is 21.6. The number of aryl methyl sites for hydroxylation is 1. The summed E-state index contributed by atoms with van der Waals surface area (Å²) in [5.41, 5.74) is 2.06. The van der Waals surface area contributed by atoms with E-state index in [0.717, 1.165) is 18.4 Å². The molecule has 0 unspecified atom stereocenters. The van der Waals surface area contributed by atoms with Gasteiger partial charge in [0.2, 0.25) is 5.88 Å². The van der Waals surface area contributed by atoms with Crippen LogP contribution >= 0.6 is 0 Å². The first kappa shape index (κ1) is 22.9. The van der Waals surface area contributed by atoms with Gasteiger partial charge in [0.15, 0.2) is 0 Å². The molecule has 2 aromatic carbocycles. The van der Waals surface area contributed by atoms with Gasteiger partial charge in [-0.1, -0.05) is 37.6 Å². The number of aromatic hydroxyl groups is 1. The van der Waals surface area contributed by atoms with Crippen LogP contribution in [0.4, 0.5) is 0 Å². The first-order valence-electron chi connectivity index (χ1n) is 11.0. The minimum Gasteiger partial charge on any atom is -0.506 e.